The molecule has 0 aliphatic carbocycles. The summed E-state index contributed by atoms with van der Waals surface area (Å²) in [6.45, 7) is 4.53. The first-order chi connectivity index (χ1) is 11.1. The van der Waals surface area contributed by atoms with Gasteiger partial charge < -0.3 is 15.2 Å². The first-order valence-corrected chi connectivity index (χ1v) is 7.21. The van der Waals surface area contributed by atoms with E-state index in [9.17, 15) is 28.8 Å². The van der Waals surface area contributed by atoms with Crippen molar-refractivity contribution in [3.05, 3.63) is 21.9 Å². The number of carbonyl (C=O) groups excluding carboxylic acids is 1. The lowest BCUT2D eigenvalue weighted by molar-refractivity contribution is -0.389. The fourth-order valence-electron chi connectivity index (χ4n) is 2.62. The summed E-state index contributed by atoms with van der Waals surface area (Å²) >= 11 is 0. The molecule has 2 heterocycles. The van der Waals surface area contributed by atoms with Crippen molar-refractivity contribution in [1.29, 1.82) is 0 Å². The van der Waals surface area contributed by atoms with Crippen molar-refractivity contribution in [2.75, 3.05) is 0 Å². The third kappa shape index (κ3) is 2.86. The van der Waals surface area contributed by atoms with Gasteiger partial charge in [0.2, 0.25) is 5.72 Å². The van der Waals surface area contributed by atoms with E-state index in [4.69, 9.17) is 0 Å². The molecule has 2 unspecified atom stereocenters. The SMILES string of the molecule is CCC(C(=O)N1N=C(C)CC1(O)C(F)F)n1nc([N+](=O)[O-])cc1C. The van der Waals surface area contributed by atoms with E-state index in [1.165, 1.54) is 19.9 Å². The molecule has 0 saturated carbocycles. The van der Waals surface area contributed by atoms with Gasteiger partial charge in [-0.1, -0.05) is 6.92 Å². The van der Waals surface area contributed by atoms with E-state index in [0.717, 1.165) is 4.68 Å². The number of alkyl halides is 2. The van der Waals surface area contributed by atoms with Gasteiger partial charge in [0.25, 0.3) is 12.3 Å². The number of rotatable bonds is 5. The normalized spacial score (nSPS) is 22.0. The quantitative estimate of drug-likeness (QED) is 0.643. The number of aryl methyl sites for hydroxylation is 1. The molecule has 9 nitrogen and oxygen atoms in total. The highest BCUT2D eigenvalue weighted by Crippen LogP contribution is 2.34. The molecule has 0 bridgehead atoms. The summed E-state index contributed by atoms with van der Waals surface area (Å²) in [6.07, 6.45) is -3.55. The van der Waals surface area contributed by atoms with E-state index in [1.54, 1.807) is 6.92 Å². The predicted molar refractivity (Wildman–Crippen MR) is 78.5 cm³/mol. The number of hydrogen-bond acceptors (Lipinski definition) is 6. The zero-order valence-corrected chi connectivity index (χ0v) is 13.3. The Kier molecular flexibility index (Phi) is 4.65. The van der Waals surface area contributed by atoms with Crippen LogP contribution in [0.5, 0.6) is 0 Å². The van der Waals surface area contributed by atoms with Crippen LogP contribution in [-0.2, 0) is 4.79 Å². The average Bonchev–Trinajstić information content (AvgIpc) is 3.01. The average molecular weight is 345 g/mol. The highest BCUT2D eigenvalue weighted by Gasteiger charge is 2.52. The van der Waals surface area contributed by atoms with Crippen LogP contribution in [0.15, 0.2) is 11.2 Å². The van der Waals surface area contributed by atoms with Crippen molar-refractivity contribution in [3.63, 3.8) is 0 Å². The Balaban J connectivity index is 2.40. The van der Waals surface area contributed by atoms with Gasteiger partial charge in [0.1, 0.15) is 0 Å². The van der Waals surface area contributed by atoms with Crippen LogP contribution in [0.1, 0.15) is 38.4 Å². The molecule has 1 N–H and O–H groups in total. The van der Waals surface area contributed by atoms with Gasteiger partial charge in [0.05, 0.1) is 16.9 Å². The smallest absolute Gasteiger partial charge is 0.364 e. The maximum atomic E-state index is 13.2. The number of aromatic nitrogens is 2. The lowest BCUT2D eigenvalue weighted by atomic mass is 10.1. The molecule has 2 atom stereocenters. The first kappa shape index (κ1) is 17.9. The zero-order chi connectivity index (χ0) is 18.2. The summed E-state index contributed by atoms with van der Waals surface area (Å²) in [5, 5.41) is 28.8. The minimum Gasteiger partial charge on any atom is -0.364 e. The Morgan fingerprint density at radius 3 is 2.62 bits per heavy atom. The summed E-state index contributed by atoms with van der Waals surface area (Å²) in [6, 6.07) is 0.0759. The summed E-state index contributed by atoms with van der Waals surface area (Å²) in [5.74, 6) is -1.36. The molecule has 1 aromatic heterocycles. The Labute approximate surface area is 135 Å². The standard InChI is InChI=1S/C13H17F2N5O4/c1-4-9(18-8(3)5-10(17-18)20(23)24)11(21)19-13(22,12(14)15)6-7(2)16-19/h5,9,12,22H,4,6H2,1-3H3. The highest BCUT2D eigenvalue weighted by atomic mass is 19.3. The van der Waals surface area contributed by atoms with Crippen molar-refractivity contribution < 1.29 is 23.6 Å². The monoisotopic (exact) mass is 345 g/mol. The number of carbonyl (C=O) groups is 1. The third-order valence-electron chi connectivity index (χ3n) is 3.78. The Hall–Kier alpha value is -2.43. The summed E-state index contributed by atoms with van der Waals surface area (Å²) in [5.41, 5.74) is -2.21. The van der Waals surface area contributed by atoms with Gasteiger partial charge in [-0.05, 0) is 25.2 Å². The fourth-order valence-corrected chi connectivity index (χ4v) is 2.62. The van der Waals surface area contributed by atoms with Crippen LogP contribution in [0.4, 0.5) is 14.6 Å². The molecule has 11 heteroatoms. The van der Waals surface area contributed by atoms with E-state index < -0.39 is 41.3 Å². The number of nitrogens with zero attached hydrogens (tertiary/aromatic N) is 5. The molecule has 2 rings (SSSR count). The molecule has 0 aromatic carbocycles. The van der Waals surface area contributed by atoms with Crippen molar-refractivity contribution >= 4 is 17.4 Å². The number of aliphatic hydroxyl groups is 1. The third-order valence-corrected chi connectivity index (χ3v) is 3.78. The molecular weight excluding hydrogens is 328 g/mol. The second-order valence-electron chi connectivity index (χ2n) is 5.61. The van der Waals surface area contributed by atoms with E-state index in [1.807, 2.05) is 0 Å². The van der Waals surface area contributed by atoms with Gasteiger partial charge in [0.15, 0.2) is 6.04 Å². The molecular formula is C13H17F2N5O4. The topological polar surface area (TPSA) is 114 Å². The maximum Gasteiger partial charge on any atom is 0.390 e. The van der Waals surface area contributed by atoms with E-state index in [0.29, 0.717) is 10.7 Å². The van der Waals surface area contributed by atoms with Crippen molar-refractivity contribution in [3.8, 4) is 0 Å². The van der Waals surface area contributed by atoms with Gasteiger partial charge in [-0.3, -0.25) is 4.79 Å². The maximum absolute atomic E-state index is 13.2. The predicted octanol–water partition coefficient (Wildman–Crippen LogP) is 1.61. The van der Waals surface area contributed by atoms with Gasteiger partial charge in [-0.2, -0.15) is 14.8 Å². The molecule has 24 heavy (non-hydrogen) atoms. The van der Waals surface area contributed by atoms with Crippen molar-refractivity contribution in [2.24, 2.45) is 5.10 Å². The van der Waals surface area contributed by atoms with Crippen LogP contribution in [0.25, 0.3) is 0 Å². The number of nitro groups is 1. The molecule has 1 aliphatic rings. The van der Waals surface area contributed by atoms with E-state index >= 15 is 0 Å². The molecule has 0 spiro atoms. The lowest BCUT2D eigenvalue weighted by Gasteiger charge is -2.31. The number of halogens is 2. The second kappa shape index (κ2) is 6.23. The highest BCUT2D eigenvalue weighted by molar-refractivity contribution is 5.90. The summed E-state index contributed by atoms with van der Waals surface area (Å²) in [4.78, 5) is 22.8. The van der Waals surface area contributed by atoms with Crippen LogP contribution in [0, 0.1) is 17.0 Å². The van der Waals surface area contributed by atoms with Crippen LogP contribution >= 0.6 is 0 Å². The minimum absolute atomic E-state index is 0.128. The van der Waals surface area contributed by atoms with Crippen LogP contribution in [0.3, 0.4) is 0 Å². The fraction of sp³-hybridized carbons (Fsp3) is 0.615. The van der Waals surface area contributed by atoms with Gasteiger partial charge in [-0.15, -0.1) is 0 Å². The van der Waals surface area contributed by atoms with E-state index in [2.05, 4.69) is 10.2 Å². The van der Waals surface area contributed by atoms with Crippen LogP contribution in [-0.4, -0.2) is 48.6 Å². The second-order valence-corrected chi connectivity index (χ2v) is 5.61. The molecule has 1 aromatic rings. The van der Waals surface area contributed by atoms with Crippen molar-refractivity contribution in [1.82, 2.24) is 14.8 Å². The van der Waals surface area contributed by atoms with Crippen LogP contribution in [0.2, 0.25) is 0 Å². The molecule has 132 valence electrons. The summed E-state index contributed by atoms with van der Waals surface area (Å²) in [7, 11) is 0. The Morgan fingerprint density at radius 2 is 2.17 bits per heavy atom. The van der Waals surface area contributed by atoms with Gasteiger partial charge in [-0.25, -0.2) is 8.78 Å². The lowest BCUT2D eigenvalue weighted by Crippen LogP contribution is -2.53. The minimum atomic E-state index is -3.21. The molecule has 0 fully saturated rings. The van der Waals surface area contributed by atoms with Gasteiger partial charge >= 0.3 is 5.82 Å². The zero-order valence-electron chi connectivity index (χ0n) is 13.3. The molecule has 0 saturated heterocycles. The molecule has 1 amide bonds. The Morgan fingerprint density at radius 1 is 1.54 bits per heavy atom. The summed E-state index contributed by atoms with van der Waals surface area (Å²) < 4.78 is 27.6. The molecule has 1 aliphatic heterocycles. The van der Waals surface area contributed by atoms with Crippen molar-refractivity contribution in [2.45, 2.75) is 51.8 Å². The van der Waals surface area contributed by atoms with E-state index in [-0.39, 0.29) is 12.1 Å². The molecule has 0 radical (unpaired) electrons. The number of hydrogen-bond donors (Lipinski definition) is 1. The first-order valence-electron chi connectivity index (χ1n) is 7.21. The largest absolute Gasteiger partial charge is 0.390 e. The number of amides is 1. The Bertz CT molecular complexity index is 705. The van der Waals surface area contributed by atoms with Gasteiger partial charge in [0, 0.05) is 12.1 Å². The van der Waals surface area contributed by atoms with Crippen LogP contribution < -0.4 is 0 Å². The number of hydrazone groups is 1.